The monoisotopic (exact) mass is 221 g/mol. The summed E-state index contributed by atoms with van der Waals surface area (Å²) in [5.41, 5.74) is 1.89. The van der Waals surface area contributed by atoms with Gasteiger partial charge in [0.25, 0.3) is 0 Å². The van der Waals surface area contributed by atoms with E-state index in [9.17, 15) is 4.79 Å². The minimum atomic E-state index is -0.870. The molecule has 0 saturated carbocycles. The Bertz CT molecular complexity index is 372. The molecular weight excluding hydrogens is 202 g/mol. The van der Waals surface area contributed by atoms with Gasteiger partial charge in [-0.3, -0.25) is 0 Å². The van der Waals surface area contributed by atoms with Crippen molar-refractivity contribution in [1.29, 1.82) is 0 Å². The van der Waals surface area contributed by atoms with E-state index in [0.717, 1.165) is 18.5 Å². The number of benzene rings is 1. The molecule has 1 rings (SSSR count). The van der Waals surface area contributed by atoms with Crippen molar-refractivity contribution in [1.82, 2.24) is 0 Å². The highest BCUT2D eigenvalue weighted by Crippen LogP contribution is 2.19. The molecule has 2 N–H and O–H groups in total. The van der Waals surface area contributed by atoms with Crippen LogP contribution in [0.5, 0.6) is 0 Å². The van der Waals surface area contributed by atoms with Crippen LogP contribution >= 0.6 is 0 Å². The second-order valence-electron chi connectivity index (χ2n) is 4.41. The molecule has 0 unspecified atom stereocenters. The summed E-state index contributed by atoms with van der Waals surface area (Å²) in [7, 11) is 0. The smallest absolute Gasteiger partial charge is 0.338 e. The number of carboxylic acid groups (broad SMARTS) is 1. The second-order valence-corrected chi connectivity index (χ2v) is 4.41. The van der Waals surface area contributed by atoms with Crippen LogP contribution in [0.2, 0.25) is 0 Å². The molecular formula is C13H19NO2. The third-order valence-electron chi connectivity index (χ3n) is 2.52. The van der Waals surface area contributed by atoms with Crippen molar-refractivity contribution in [2.45, 2.75) is 27.2 Å². The number of hydrogen-bond donors (Lipinski definition) is 2. The number of aryl methyl sites for hydroxylation is 1. The van der Waals surface area contributed by atoms with Gasteiger partial charge in [0.05, 0.1) is 5.56 Å². The first-order valence-electron chi connectivity index (χ1n) is 5.59. The molecule has 16 heavy (non-hydrogen) atoms. The van der Waals surface area contributed by atoms with Gasteiger partial charge >= 0.3 is 5.97 Å². The molecule has 0 radical (unpaired) electrons. The first-order chi connectivity index (χ1) is 7.52. The second kappa shape index (κ2) is 5.54. The Hall–Kier alpha value is -1.51. The van der Waals surface area contributed by atoms with E-state index in [1.54, 1.807) is 0 Å². The Balaban J connectivity index is 2.79. The lowest BCUT2D eigenvalue weighted by molar-refractivity contribution is 0.0697. The summed E-state index contributed by atoms with van der Waals surface area (Å²) in [5.74, 6) is -0.254. The summed E-state index contributed by atoms with van der Waals surface area (Å²) < 4.78 is 0. The lowest BCUT2D eigenvalue weighted by atomic mass is 10.1. The zero-order valence-electron chi connectivity index (χ0n) is 10.1. The molecule has 0 heterocycles. The lowest BCUT2D eigenvalue weighted by Gasteiger charge is -2.12. The molecule has 0 atom stereocenters. The molecule has 0 aliphatic carbocycles. The van der Waals surface area contributed by atoms with E-state index in [0.29, 0.717) is 17.2 Å². The number of aromatic carboxylic acids is 1. The van der Waals surface area contributed by atoms with Crippen LogP contribution in [0.4, 0.5) is 5.69 Å². The minimum Gasteiger partial charge on any atom is -0.478 e. The molecule has 3 nitrogen and oxygen atoms in total. The molecule has 3 heteroatoms. The lowest BCUT2D eigenvalue weighted by Crippen LogP contribution is -2.10. The van der Waals surface area contributed by atoms with Crippen LogP contribution in [0.1, 0.15) is 36.2 Å². The molecule has 0 aliphatic rings. The first-order valence-corrected chi connectivity index (χ1v) is 5.59. The number of anilines is 1. The van der Waals surface area contributed by atoms with Gasteiger partial charge in [-0.15, -0.1) is 0 Å². The maximum Gasteiger partial charge on any atom is 0.338 e. The van der Waals surface area contributed by atoms with Gasteiger partial charge in [-0.1, -0.05) is 26.0 Å². The summed E-state index contributed by atoms with van der Waals surface area (Å²) in [6.45, 7) is 6.92. The highest BCUT2D eigenvalue weighted by atomic mass is 16.4. The van der Waals surface area contributed by atoms with E-state index in [2.05, 4.69) is 19.2 Å². The molecule has 0 amide bonds. The Morgan fingerprint density at radius 3 is 2.69 bits per heavy atom. The fraction of sp³-hybridized carbons (Fsp3) is 0.462. The zero-order valence-corrected chi connectivity index (χ0v) is 10.1. The summed E-state index contributed by atoms with van der Waals surface area (Å²) >= 11 is 0. The van der Waals surface area contributed by atoms with Gasteiger partial charge in [-0.05, 0) is 30.9 Å². The number of hydrogen-bond acceptors (Lipinski definition) is 2. The topological polar surface area (TPSA) is 49.3 Å². The molecule has 1 aromatic rings. The minimum absolute atomic E-state index is 0.381. The summed E-state index contributed by atoms with van der Waals surface area (Å²) in [5, 5.41) is 12.3. The third-order valence-corrected chi connectivity index (χ3v) is 2.52. The predicted octanol–water partition coefficient (Wildman–Crippen LogP) is 3.15. The van der Waals surface area contributed by atoms with E-state index >= 15 is 0 Å². The molecule has 0 fully saturated rings. The van der Waals surface area contributed by atoms with E-state index in [1.165, 1.54) is 0 Å². The van der Waals surface area contributed by atoms with Crippen LogP contribution in [0, 0.1) is 12.8 Å². The molecule has 0 aromatic heterocycles. The SMILES string of the molecule is Cc1cccc(NCCC(C)C)c1C(=O)O. The summed E-state index contributed by atoms with van der Waals surface area (Å²) in [4.78, 5) is 11.1. The Labute approximate surface area is 96.5 Å². The van der Waals surface area contributed by atoms with Gasteiger partial charge in [0.15, 0.2) is 0 Å². The largest absolute Gasteiger partial charge is 0.478 e. The van der Waals surface area contributed by atoms with Crippen molar-refractivity contribution in [3.8, 4) is 0 Å². The first kappa shape index (κ1) is 12.6. The van der Waals surface area contributed by atoms with Gasteiger partial charge in [-0.25, -0.2) is 4.79 Å². The average molecular weight is 221 g/mol. The van der Waals surface area contributed by atoms with Gasteiger partial charge in [0.2, 0.25) is 0 Å². The highest BCUT2D eigenvalue weighted by molar-refractivity contribution is 5.95. The van der Waals surface area contributed by atoms with Gasteiger partial charge < -0.3 is 10.4 Å². The molecule has 88 valence electrons. The Morgan fingerprint density at radius 1 is 1.44 bits per heavy atom. The number of rotatable bonds is 5. The number of carboxylic acids is 1. The summed E-state index contributed by atoms with van der Waals surface area (Å²) in [6.07, 6.45) is 1.03. The predicted molar refractivity (Wildman–Crippen MR) is 66.1 cm³/mol. The maximum absolute atomic E-state index is 11.1. The van der Waals surface area contributed by atoms with Crippen molar-refractivity contribution in [2.75, 3.05) is 11.9 Å². The van der Waals surface area contributed by atoms with Gasteiger partial charge in [0, 0.05) is 12.2 Å². The number of nitrogens with one attached hydrogen (secondary N) is 1. The van der Waals surface area contributed by atoms with Crippen molar-refractivity contribution in [3.05, 3.63) is 29.3 Å². The standard InChI is InChI=1S/C13H19NO2/c1-9(2)7-8-14-11-6-4-5-10(3)12(11)13(15)16/h4-6,9,14H,7-8H2,1-3H3,(H,15,16). The Kier molecular flexibility index (Phi) is 4.35. The fourth-order valence-corrected chi connectivity index (χ4v) is 1.59. The molecule has 1 aromatic carbocycles. The quantitative estimate of drug-likeness (QED) is 0.803. The summed E-state index contributed by atoms with van der Waals surface area (Å²) in [6, 6.07) is 5.51. The average Bonchev–Trinajstić information content (AvgIpc) is 2.16. The zero-order chi connectivity index (χ0) is 12.1. The molecule has 0 bridgehead atoms. The van der Waals surface area contributed by atoms with E-state index < -0.39 is 5.97 Å². The van der Waals surface area contributed by atoms with Crippen molar-refractivity contribution in [2.24, 2.45) is 5.92 Å². The van der Waals surface area contributed by atoms with E-state index in [-0.39, 0.29) is 0 Å². The van der Waals surface area contributed by atoms with Crippen LogP contribution in [0.3, 0.4) is 0 Å². The molecule has 0 aliphatic heterocycles. The maximum atomic E-state index is 11.1. The van der Waals surface area contributed by atoms with E-state index in [4.69, 9.17) is 5.11 Å². The van der Waals surface area contributed by atoms with Crippen LogP contribution in [0.15, 0.2) is 18.2 Å². The third kappa shape index (κ3) is 3.26. The highest BCUT2D eigenvalue weighted by Gasteiger charge is 2.12. The molecule has 0 saturated heterocycles. The van der Waals surface area contributed by atoms with Crippen LogP contribution < -0.4 is 5.32 Å². The van der Waals surface area contributed by atoms with Crippen molar-refractivity contribution in [3.63, 3.8) is 0 Å². The Morgan fingerprint density at radius 2 is 2.12 bits per heavy atom. The molecule has 0 spiro atoms. The fourth-order valence-electron chi connectivity index (χ4n) is 1.59. The van der Waals surface area contributed by atoms with Crippen LogP contribution in [-0.4, -0.2) is 17.6 Å². The van der Waals surface area contributed by atoms with Gasteiger partial charge in [0.1, 0.15) is 0 Å². The van der Waals surface area contributed by atoms with Gasteiger partial charge in [-0.2, -0.15) is 0 Å². The van der Waals surface area contributed by atoms with E-state index in [1.807, 2.05) is 25.1 Å². The van der Waals surface area contributed by atoms with Crippen LogP contribution in [-0.2, 0) is 0 Å². The van der Waals surface area contributed by atoms with Crippen molar-refractivity contribution < 1.29 is 9.90 Å². The van der Waals surface area contributed by atoms with Crippen LogP contribution in [0.25, 0.3) is 0 Å². The number of carbonyl (C=O) groups is 1. The van der Waals surface area contributed by atoms with Crippen molar-refractivity contribution >= 4 is 11.7 Å². The normalized spacial score (nSPS) is 10.5.